The van der Waals surface area contributed by atoms with Gasteiger partial charge in [0.1, 0.15) is 11.3 Å². The van der Waals surface area contributed by atoms with Gasteiger partial charge in [0.15, 0.2) is 5.82 Å². The number of nitrogens with one attached hydrogen (secondary N) is 4. The van der Waals surface area contributed by atoms with Crippen LogP contribution in [-0.2, 0) is 28.0 Å². The fourth-order valence-electron chi connectivity index (χ4n) is 4.13. The van der Waals surface area contributed by atoms with Crippen LogP contribution >= 0.6 is 0 Å². The second-order valence-corrected chi connectivity index (χ2v) is 11.2. The summed E-state index contributed by atoms with van der Waals surface area (Å²) in [6, 6.07) is 17.5. The number of hydrogen-bond acceptors (Lipinski definition) is 8. The average Bonchev–Trinajstić information content (AvgIpc) is 2.96. The third kappa shape index (κ3) is 7.94. The van der Waals surface area contributed by atoms with Gasteiger partial charge in [0, 0.05) is 56.8 Å². The van der Waals surface area contributed by atoms with Gasteiger partial charge in [-0.1, -0.05) is 30.3 Å². The summed E-state index contributed by atoms with van der Waals surface area (Å²) in [5.74, 6) is -1.06. The van der Waals surface area contributed by atoms with Crippen LogP contribution < -0.4 is 30.4 Å². The Kier molecular flexibility index (Phi) is 9.75. The van der Waals surface area contributed by atoms with Gasteiger partial charge in [-0.25, -0.2) is 18.7 Å². The van der Waals surface area contributed by atoms with Crippen LogP contribution in [0.2, 0.25) is 0 Å². The van der Waals surface area contributed by atoms with E-state index in [1.165, 1.54) is 56.4 Å². The molecule has 0 aliphatic rings. The molecule has 0 unspecified atom stereocenters. The quantitative estimate of drug-likeness (QED) is 0.188. The lowest BCUT2D eigenvalue weighted by molar-refractivity contribution is -0.115. The van der Waals surface area contributed by atoms with Crippen LogP contribution in [0.15, 0.2) is 75.9 Å². The number of benzene rings is 3. The van der Waals surface area contributed by atoms with E-state index in [1.54, 1.807) is 30.3 Å². The number of para-hydroxylation sites is 1. The number of carbonyl (C=O) groups excluding carboxylic acids is 2. The third-order valence-electron chi connectivity index (χ3n) is 6.27. The van der Waals surface area contributed by atoms with Crippen LogP contribution in [0.25, 0.3) is 11.0 Å². The Hall–Kier alpha value is -4.79. The normalized spacial score (nSPS) is 11.3. The highest BCUT2D eigenvalue weighted by Crippen LogP contribution is 2.28. The van der Waals surface area contributed by atoms with Crippen LogP contribution in [0.3, 0.4) is 0 Å². The number of fused-ring (bicyclic) bond motifs is 1. The van der Waals surface area contributed by atoms with E-state index < -0.39 is 27.7 Å². The van der Waals surface area contributed by atoms with Crippen LogP contribution in [0.4, 0.5) is 20.6 Å². The molecule has 0 atom stereocenters. The highest BCUT2D eigenvalue weighted by molar-refractivity contribution is 7.90. The van der Waals surface area contributed by atoms with Crippen molar-refractivity contribution < 1.29 is 31.6 Å². The van der Waals surface area contributed by atoms with Crippen molar-refractivity contribution in [2.45, 2.75) is 13.0 Å². The number of amides is 2. The summed E-state index contributed by atoms with van der Waals surface area (Å²) >= 11 is 0. The topological polar surface area (TPSA) is 159 Å². The van der Waals surface area contributed by atoms with E-state index >= 15 is 4.39 Å². The Morgan fingerprint density at radius 1 is 1.00 bits per heavy atom. The van der Waals surface area contributed by atoms with Crippen LogP contribution in [0.1, 0.15) is 16.7 Å². The van der Waals surface area contributed by atoms with E-state index in [-0.39, 0.29) is 53.6 Å². The third-order valence-corrected chi connectivity index (χ3v) is 7.29. The fraction of sp³-hybridized carbons (Fsp3) is 0.207. The molecule has 226 valence electrons. The number of anilines is 2. The van der Waals surface area contributed by atoms with Crippen molar-refractivity contribution in [2.24, 2.45) is 0 Å². The van der Waals surface area contributed by atoms with E-state index in [9.17, 15) is 22.8 Å². The lowest BCUT2D eigenvalue weighted by Crippen LogP contribution is -2.29. The van der Waals surface area contributed by atoms with Gasteiger partial charge in [0.25, 0.3) is 10.2 Å². The van der Waals surface area contributed by atoms with Crippen molar-refractivity contribution in [1.82, 2.24) is 14.9 Å². The molecule has 0 fully saturated rings. The highest BCUT2D eigenvalue weighted by Gasteiger charge is 2.20. The van der Waals surface area contributed by atoms with Gasteiger partial charge in [-0.2, -0.15) is 8.42 Å². The Labute approximate surface area is 247 Å². The smallest absolute Gasteiger partial charge is 0.414 e. The van der Waals surface area contributed by atoms with Gasteiger partial charge in [0.05, 0.1) is 12.2 Å². The summed E-state index contributed by atoms with van der Waals surface area (Å²) in [6.45, 7) is -0.0889. The molecular weight excluding hydrogens is 581 g/mol. The highest BCUT2D eigenvalue weighted by atomic mass is 32.2. The molecular formula is C29H30FN5O7S. The number of halogens is 1. The number of nitrogens with zero attached hydrogens (tertiary/aromatic N) is 1. The van der Waals surface area contributed by atoms with E-state index in [0.717, 1.165) is 0 Å². The molecule has 4 N–H and O–H groups in total. The molecule has 43 heavy (non-hydrogen) atoms. The van der Waals surface area contributed by atoms with Gasteiger partial charge in [-0.15, -0.1) is 0 Å². The number of ether oxygens (including phenoxy) is 1. The van der Waals surface area contributed by atoms with Gasteiger partial charge in [0.2, 0.25) is 5.91 Å². The molecule has 1 aromatic heterocycles. The maximum atomic E-state index is 15.4. The molecule has 1 heterocycles. The molecule has 0 aliphatic carbocycles. The predicted octanol–water partition coefficient (Wildman–Crippen LogP) is 3.19. The Bertz CT molecular complexity index is 1810. The second kappa shape index (κ2) is 13.5. The molecule has 0 radical (unpaired) electrons. The molecule has 4 rings (SSSR count). The molecule has 4 aromatic rings. The minimum absolute atomic E-state index is 0.0180. The zero-order chi connectivity index (χ0) is 31.1. The van der Waals surface area contributed by atoms with E-state index in [1.807, 2.05) is 10.8 Å². The first-order chi connectivity index (χ1) is 20.5. The maximum absolute atomic E-state index is 15.4. The number of rotatable bonds is 11. The monoisotopic (exact) mass is 611 g/mol. The predicted molar refractivity (Wildman–Crippen MR) is 160 cm³/mol. The molecule has 0 saturated carbocycles. The van der Waals surface area contributed by atoms with Crippen molar-refractivity contribution in [1.29, 1.82) is 0 Å². The number of carbonyl (C=O) groups is 2. The van der Waals surface area contributed by atoms with Crippen LogP contribution in [0, 0.1) is 5.82 Å². The minimum atomic E-state index is -4.00. The Morgan fingerprint density at radius 3 is 2.44 bits per heavy atom. The molecule has 0 bridgehead atoms. The zero-order valence-corrected chi connectivity index (χ0v) is 24.4. The summed E-state index contributed by atoms with van der Waals surface area (Å²) in [4.78, 5) is 39.0. The lowest BCUT2D eigenvalue weighted by Gasteiger charge is -2.15. The number of hydrogen-bond donors (Lipinski definition) is 4. The molecule has 3 aromatic carbocycles. The minimum Gasteiger partial charge on any atom is -0.422 e. The largest absolute Gasteiger partial charge is 0.422 e. The van der Waals surface area contributed by atoms with Crippen molar-refractivity contribution in [2.75, 3.05) is 37.7 Å². The summed E-state index contributed by atoms with van der Waals surface area (Å²) in [6.07, 6.45) is -0.877. The first kappa shape index (κ1) is 31.2. The second-order valence-electron chi connectivity index (χ2n) is 9.55. The van der Waals surface area contributed by atoms with Gasteiger partial charge < -0.3 is 24.7 Å². The molecule has 2 amide bonds. The summed E-state index contributed by atoms with van der Waals surface area (Å²) in [5, 5.41) is 6.23. The van der Waals surface area contributed by atoms with E-state index in [0.29, 0.717) is 16.6 Å². The maximum Gasteiger partial charge on any atom is 0.414 e. The standard InChI is InChI=1S/C29H30FN5O7S/c1-31-43(39,40)34-24-11-7-8-18(27(24)30)14-22-23(16-32-17-26(36)33-19-9-5-4-6-10-19)21-13-12-20(41-29(38)35(2)3)15-25(21)42-28(22)37/h4-13,15,31-32,34H,14,16-17H2,1-3H3,(H,33,36). The van der Waals surface area contributed by atoms with Gasteiger partial charge in [-0.3, -0.25) is 9.52 Å². The molecule has 0 saturated heterocycles. The Balaban J connectivity index is 1.69. The summed E-state index contributed by atoms with van der Waals surface area (Å²) < 4.78 is 54.3. The van der Waals surface area contributed by atoms with Crippen molar-refractivity contribution >= 4 is 44.6 Å². The molecule has 0 aliphatic heterocycles. The summed E-state index contributed by atoms with van der Waals surface area (Å²) in [5.41, 5.74) is 0.182. The van der Waals surface area contributed by atoms with Crippen molar-refractivity contribution in [3.63, 3.8) is 0 Å². The van der Waals surface area contributed by atoms with Gasteiger partial charge >= 0.3 is 11.7 Å². The Morgan fingerprint density at radius 2 is 1.74 bits per heavy atom. The van der Waals surface area contributed by atoms with Crippen LogP contribution in [-0.4, -0.2) is 53.0 Å². The lowest BCUT2D eigenvalue weighted by atomic mass is 9.97. The molecule has 12 nitrogen and oxygen atoms in total. The SMILES string of the molecule is CNS(=O)(=O)Nc1cccc(Cc2c(CNCC(=O)Nc3ccccc3)c3ccc(OC(=O)N(C)C)cc3oc2=O)c1F. The zero-order valence-electron chi connectivity index (χ0n) is 23.6. The molecule has 0 spiro atoms. The van der Waals surface area contributed by atoms with Gasteiger partial charge in [-0.05, 0) is 41.5 Å². The molecule has 14 heteroatoms. The van der Waals surface area contributed by atoms with Crippen LogP contribution in [0.5, 0.6) is 5.75 Å². The first-order valence-electron chi connectivity index (χ1n) is 13.0. The first-order valence-corrected chi connectivity index (χ1v) is 14.5. The van der Waals surface area contributed by atoms with E-state index in [4.69, 9.17) is 9.15 Å². The van der Waals surface area contributed by atoms with Crippen molar-refractivity contribution in [3.8, 4) is 5.75 Å². The van der Waals surface area contributed by atoms with Crippen molar-refractivity contribution in [3.05, 3.63) is 99.7 Å². The fourth-order valence-corrected chi connectivity index (χ4v) is 4.68. The summed E-state index contributed by atoms with van der Waals surface area (Å²) in [7, 11) is 0.218. The average molecular weight is 612 g/mol. The van der Waals surface area contributed by atoms with E-state index in [2.05, 4.69) is 15.4 Å².